The topological polar surface area (TPSA) is 50.7 Å². The Labute approximate surface area is 116 Å². The number of hydrogen-bond acceptors (Lipinski definition) is 3. The highest BCUT2D eigenvalue weighted by molar-refractivity contribution is 5.98. The van der Waals surface area contributed by atoms with Crippen molar-refractivity contribution in [3.63, 3.8) is 0 Å². The van der Waals surface area contributed by atoms with Crippen LogP contribution in [0.3, 0.4) is 0 Å². The molecule has 0 saturated heterocycles. The van der Waals surface area contributed by atoms with Crippen molar-refractivity contribution in [1.82, 2.24) is 0 Å². The molecule has 3 nitrogen and oxygen atoms in total. The minimum Gasteiger partial charge on any atom is -0.310 e. The van der Waals surface area contributed by atoms with Crippen LogP contribution < -0.4 is 5.73 Å². The molecule has 1 rings (SSSR count). The fourth-order valence-electron chi connectivity index (χ4n) is 1.13. The van der Waals surface area contributed by atoms with Gasteiger partial charge < -0.3 is 10.7 Å². The van der Waals surface area contributed by atoms with Crippen LogP contribution in [0, 0.1) is 5.82 Å². The maximum atomic E-state index is 13.2. The first-order valence-electron chi connectivity index (χ1n) is 6.34. The second-order valence-electron chi connectivity index (χ2n) is 3.96. The average molecular weight is 267 g/mol. The lowest BCUT2D eigenvalue weighted by atomic mass is 10.1. The van der Waals surface area contributed by atoms with Gasteiger partial charge in [-0.25, -0.2) is 4.39 Å². The Balaban J connectivity index is 0. The van der Waals surface area contributed by atoms with Crippen LogP contribution in [-0.2, 0) is 0 Å². The van der Waals surface area contributed by atoms with Gasteiger partial charge in [-0.05, 0) is 26.6 Å². The predicted octanol–water partition coefficient (Wildman–Crippen LogP) is 3.67. The molecular formula is C15H26FN3. The first-order valence-corrected chi connectivity index (χ1v) is 6.34. The third-order valence-corrected chi connectivity index (χ3v) is 1.66. The lowest BCUT2D eigenvalue weighted by Crippen LogP contribution is -2.14. The Bertz CT molecular complexity index is 373. The molecule has 108 valence electrons. The summed E-state index contributed by atoms with van der Waals surface area (Å²) in [6.45, 7) is 10.9. The van der Waals surface area contributed by atoms with E-state index in [1.54, 1.807) is 39.1 Å². The van der Waals surface area contributed by atoms with Crippen molar-refractivity contribution in [2.75, 3.05) is 7.05 Å². The van der Waals surface area contributed by atoms with Crippen molar-refractivity contribution in [3.05, 3.63) is 35.6 Å². The van der Waals surface area contributed by atoms with Gasteiger partial charge in [-0.1, -0.05) is 38.5 Å². The molecule has 4 heteroatoms. The lowest BCUT2D eigenvalue weighted by Gasteiger charge is -2.04. The van der Waals surface area contributed by atoms with Crippen LogP contribution in [0.4, 0.5) is 4.39 Å². The molecule has 0 aliphatic rings. The number of nitrogens with zero attached hydrogens (tertiary/aromatic N) is 2. The zero-order valence-corrected chi connectivity index (χ0v) is 12.7. The summed E-state index contributed by atoms with van der Waals surface area (Å²) in [4.78, 5) is 7.31. The molecule has 0 heterocycles. The van der Waals surface area contributed by atoms with E-state index in [0.29, 0.717) is 11.3 Å². The van der Waals surface area contributed by atoms with Crippen molar-refractivity contribution in [1.29, 1.82) is 0 Å². The summed E-state index contributed by atoms with van der Waals surface area (Å²) in [6, 6.07) is 6.53. The van der Waals surface area contributed by atoms with Crippen molar-refractivity contribution < 1.29 is 4.39 Å². The van der Waals surface area contributed by atoms with Gasteiger partial charge in [0, 0.05) is 18.3 Å². The van der Waals surface area contributed by atoms with E-state index < -0.39 is 0 Å². The van der Waals surface area contributed by atoms with Gasteiger partial charge in [-0.2, -0.15) is 0 Å². The molecule has 2 N–H and O–H groups in total. The van der Waals surface area contributed by atoms with E-state index in [1.165, 1.54) is 12.5 Å². The van der Waals surface area contributed by atoms with E-state index in [0.717, 1.165) is 0 Å². The highest BCUT2D eigenvalue weighted by Gasteiger charge is 2.03. The molecule has 0 saturated carbocycles. The van der Waals surface area contributed by atoms with Crippen LogP contribution in [-0.4, -0.2) is 25.6 Å². The monoisotopic (exact) mass is 267 g/mol. The van der Waals surface area contributed by atoms with Crippen LogP contribution in [0.15, 0.2) is 34.3 Å². The second-order valence-corrected chi connectivity index (χ2v) is 3.96. The number of halogens is 1. The van der Waals surface area contributed by atoms with Gasteiger partial charge in [0.2, 0.25) is 0 Å². The van der Waals surface area contributed by atoms with Gasteiger partial charge >= 0.3 is 0 Å². The molecule has 0 aliphatic carbocycles. The summed E-state index contributed by atoms with van der Waals surface area (Å²) >= 11 is 0. The molecule has 0 fully saturated rings. The largest absolute Gasteiger partial charge is 0.310 e. The zero-order chi connectivity index (χ0) is 15.3. The molecule has 19 heavy (non-hydrogen) atoms. The smallest absolute Gasteiger partial charge is 0.132 e. The van der Waals surface area contributed by atoms with Gasteiger partial charge in [0.05, 0.1) is 6.17 Å². The SMILES string of the molecule is C/C(=N\C(C)N)c1ccccc1F.C=NC.CCC. The second kappa shape index (κ2) is 12.9. The summed E-state index contributed by atoms with van der Waals surface area (Å²) < 4.78 is 13.2. The lowest BCUT2D eigenvalue weighted by molar-refractivity contribution is 0.624. The molecular weight excluding hydrogens is 241 g/mol. The summed E-state index contributed by atoms with van der Waals surface area (Å²) in [5.74, 6) is -0.260. The van der Waals surface area contributed by atoms with Crippen LogP contribution in [0.1, 0.15) is 39.7 Å². The molecule has 0 aromatic heterocycles. The van der Waals surface area contributed by atoms with Crippen molar-refractivity contribution in [3.8, 4) is 0 Å². The Morgan fingerprint density at radius 3 is 2.16 bits per heavy atom. The Morgan fingerprint density at radius 2 is 1.79 bits per heavy atom. The molecule has 0 aliphatic heterocycles. The van der Waals surface area contributed by atoms with E-state index in [-0.39, 0.29) is 12.0 Å². The first-order chi connectivity index (χ1) is 8.94. The average Bonchev–Trinajstić information content (AvgIpc) is 2.30. The van der Waals surface area contributed by atoms with E-state index in [2.05, 4.69) is 30.5 Å². The van der Waals surface area contributed by atoms with Crippen molar-refractivity contribution >= 4 is 12.4 Å². The molecule has 0 radical (unpaired) electrons. The zero-order valence-electron chi connectivity index (χ0n) is 12.7. The van der Waals surface area contributed by atoms with E-state index in [9.17, 15) is 4.39 Å². The maximum Gasteiger partial charge on any atom is 0.132 e. The number of nitrogens with two attached hydrogens (primary N) is 1. The Morgan fingerprint density at radius 1 is 1.37 bits per heavy atom. The molecule has 1 aromatic carbocycles. The minimum absolute atomic E-state index is 0.260. The maximum absolute atomic E-state index is 13.2. The van der Waals surface area contributed by atoms with E-state index >= 15 is 0 Å². The highest BCUT2D eigenvalue weighted by Crippen LogP contribution is 2.07. The van der Waals surface area contributed by atoms with Gasteiger partial charge in [0.1, 0.15) is 5.82 Å². The van der Waals surface area contributed by atoms with Crippen LogP contribution in [0.5, 0.6) is 0 Å². The molecule has 1 unspecified atom stereocenters. The minimum atomic E-state index is -0.292. The summed E-state index contributed by atoms with van der Waals surface area (Å²) in [6.07, 6.45) is 0.958. The van der Waals surface area contributed by atoms with Gasteiger partial charge in [0.15, 0.2) is 0 Å². The van der Waals surface area contributed by atoms with Crippen LogP contribution >= 0.6 is 0 Å². The molecule has 0 spiro atoms. The van der Waals surface area contributed by atoms with E-state index in [1.807, 2.05) is 0 Å². The Hall–Kier alpha value is -1.55. The van der Waals surface area contributed by atoms with E-state index in [4.69, 9.17) is 5.73 Å². The molecule has 1 atom stereocenters. The van der Waals surface area contributed by atoms with Crippen LogP contribution in [0.2, 0.25) is 0 Å². The third kappa shape index (κ3) is 11.3. The first kappa shape index (κ1) is 19.8. The summed E-state index contributed by atoms with van der Waals surface area (Å²) in [5.41, 5.74) is 6.62. The standard InChI is InChI=1S/C10H13FN2.C3H8.C2H5N/c1-7(13-8(2)12)9-5-3-4-6-10(9)11;2*1-3-2/h3-6,8H,12H2,1-2H3;3H2,1-2H3;1H2,2H3/b13-7+;;. The summed E-state index contributed by atoms with van der Waals surface area (Å²) in [7, 11) is 1.64. The van der Waals surface area contributed by atoms with Crippen molar-refractivity contribution in [2.24, 2.45) is 15.7 Å². The van der Waals surface area contributed by atoms with Crippen LogP contribution in [0.25, 0.3) is 0 Å². The fourth-order valence-corrected chi connectivity index (χ4v) is 1.13. The predicted molar refractivity (Wildman–Crippen MR) is 83.7 cm³/mol. The van der Waals surface area contributed by atoms with Gasteiger partial charge in [0.25, 0.3) is 0 Å². The number of hydrogen-bond donors (Lipinski definition) is 1. The fraction of sp³-hybridized carbons (Fsp3) is 0.467. The van der Waals surface area contributed by atoms with Crippen molar-refractivity contribution in [2.45, 2.75) is 40.3 Å². The molecule has 1 aromatic rings. The quantitative estimate of drug-likeness (QED) is 0.817. The normalized spacial score (nSPS) is 11.4. The Kier molecular flexibility index (Phi) is 13.4. The number of benzene rings is 1. The van der Waals surface area contributed by atoms with Gasteiger partial charge in [-0.15, -0.1) is 0 Å². The highest BCUT2D eigenvalue weighted by atomic mass is 19.1. The molecule has 0 bridgehead atoms. The summed E-state index contributed by atoms with van der Waals surface area (Å²) in [5, 5.41) is 0. The number of aliphatic imine (C=N–C) groups is 2. The third-order valence-electron chi connectivity index (χ3n) is 1.66. The molecule has 0 amide bonds. The number of rotatable bonds is 2. The van der Waals surface area contributed by atoms with Gasteiger partial charge in [-0.3, -0.25) is 4.99 Å².